The highest BCUT2D eigenvalue weighted by molar-refractivity contribution is 5.97. The summed E-state index contributed by atoms with van der Waals surface area (Å²) in [7, 11) is 0. The Morgan fingerprint density at radius 1 is 1.08 bits per heavy atom. The highest BCUT2D eigenvalue weighted by Crippen LogP contribution is 2.46. The lowest BCUT2D eigenvalue weighted by Crippen LogP contribution is -2.21. The SMILES string of the molecule is CCCCOc1ccccc1C1C(C#N)=C(N)Oc2cc(OC(=O)c3oc4ccc(C)cc4c3C)ccc21. The number of rotatable bonds is 7. The molecule has 0 bridgehead atoms. The van der Waals surface area contributed by atoms with Gasteiger partial charge in [-0.15, -0.1) is 0 Å². The maximum Gasteiger partial charge on any atom is 0.379 e. The quantitative estimate of drug-likeness (QED) is 0.169. The van der Waals surface area contributed by atoms with Gasteiger partial charge in [0.2, 0.25) is 11.6 Å². The molecule has 7 nitrogen and oxygen atoms in total. The minimum Gasteiger partial charge on any atom is -0.493 e. The van der Waals surface area contributed by atoms with Crippen molar-refractivity contribution in [1.29, 1.82) is 5.26 Å². The molecule has 5 rings (SSSR count). The summed E-state index contributed by atoms with van der Waals surface area (Å²) < 4.78 is 23.3. The van der Waals surface area contributed by atoms with E-state index in [2.05, 4.69) is 13.0 Å². The average Bonchev–Trinajstić information content (AvgIpc) is 3.24. The molecule has 2 N–H and O–H groups in total. The van der Waals surface area contributed by atoms with Crippen molar-refractivity contribution in [2.45, 2.75) is 39.5 Å². The first-order valence-electron chi connectivity index (χ1n) is 12.6. The average molecular weight is 509 g/mol. The zero-order valence-electron chi connectivity index (χ0n) is 21.5. The van der Waals surface area contributed by atoms with Crippen molar-refractivity contribution < 1.29 is 23.4 Å². The molecule has 38 heavy (non-hydrogen) atoms. The number of nitriles is 1. The molecule has 0 saturated heterocycles. The maximum absolute atomic E-state index is 13.0. The fourth-order valence-corrected chi connectivity index (χ4v) is 4.68. The summed E-state index contributed by atoms with van der Waals surface area (Å²) in [5.41, 5.74) is 10.4. The number of hydrogen-bond donors (Lipinski definition) is 1. The smallest absolute Gasteiger partial charge is 0.379 e. The molecule has 1 aliphatic rings. The minimum atomic E-state index is -0.612. The topological polar surface area (TPSA) is 108 Å². The van der Waals surface area contributed by atoms with E-state index in [4.69, 9.17) is 24.4 Å². The Bertz CT molecular complexity index is 1610. The van der Waals surface area contributed by atoms with Gasteiger partial charge in [-0.2, -0.15) is 5.26 Å². The third-order valence-electron chi connectivity index (χ3n) is 6.66. The molecule has 0 amide bonds. The lowest BCUT2D eigenvalue weighted by Gasteiger charge is -2.28. The normalized spacial score (nSPS) is 14.5. The number of carbonyl (C=O) groups excluding carboxylic acids is 1. The van der Waals surface area contributed by atoms with Gasteiger partial charge in [-0.1, -0.05) is 49.2 Å². The number of carbonyl (C=O) groups is 1. The zero-order valence-corrected chi connectivity index (χ0v) is 21.5. The summed E-state index contributed by atoms with van der Waals surface area (Å²) in [5.74, 6) is 0.394. The second-order valence-electron chi connectivity index (χ2n) is 9.31. The van der Waals surface area contributed by atoms with Crippen LogP contribution in [-0.4, -0.2) is 12.6 Å². The van der Waals surface area contributed by atoms with Crippen molar-refractivity contribution in [2.24, 2.45) is 5.73 Å². The number of esters is 1. The van der Waals surface area contributed by atoms with Crippen LogP contribution in [-0.2, 0) is 0 Å². The minimum absolute atomic E-state index is 0.000311. The zero-order chi connectivity index (χ0) is 26.8. The van der Waals surface area contributed by atoms with Gasteiger partial charge in [-0.05, 0) is 44.5 Å². The number of hydrogen-bond acceptors (Lipinski definition) is 7. The van der Waals surface area contributed by atoms with Crippen molar-refractivity contribution in [3.8, 4) is 23.3 Å². The molecule has 192 valence electrons. The molecule has 0 saturated carbocycles. The van der Waals surface area contributed by atoms with E-state index < -0.39 is 11.9 Å². The molecule has 3 aromatic carbocycles. The number of aryl methyl sites for hydroxylation is 2. The number of para-hydroxylation sites is 1. The Morgan fingerprint density at radius 3 is 2.68 bits per heavy atom. The van der Waals surface area contributed by atoms with Crippen LogP contribution in [0.15, 0.2) is 76.5 Å². The predicted octanol–water partition coefficient (Wildman–Crippen LogP) is 6.67. The lowest BCUT2D eigenvalue weighted by molar-refractivity contribution is 0.0702. The van der Waals surface area contributed by atoms with Gasteiger partial charge < -0.3 is 24.4 Å². The van der Waals surface area contributed by atoms with Crippen LogP contribution >= 0.6 is 0 Å². The summed E-state index contributed by atoms with van der Waals surface area (Å²) in [6, 6.07) is 20.6. The van der Waals surface area contributed by atoms with Gasteiger partial charge in [0, 0.05) is 28.1 Å². The molecule has 1 aromatic heterocycles. The molecule has 2 heterocycles. The first-order valence-corrected chi connectivity index (χ1v) is 12.6. The van der Waals surface area contributed by atoms with Crippen molar-refractivity contribution in [3.05, 3.63) is 100 Å². The van der Waals surface area contributed by atoms with Gasteiger partial charge in [0.05, 0.1) is 12.5 Å². The maximum atomic E-state index is 13.0. The Balaban J connectivity index is 1.48. The first-order chi connectivity index (χ1) is 18.4. The molecule has 0 radical (unpaired) electrons. The molecule has 0 aliphatic carbocycles. The number of ether oxygens (including phenoxy) is 3. The van der Waals surface area contributed by atoms with Crippen LogP contribution in [0.5, 0.6) is 17.2 Å². The van der Waals surface area contributed by atoms with Crippen LogP contribution in [0.25, 0.3) is 11.0 Å². The summed E-state index contributed by atoms with van der Waals surface area (Å²) in [6.45, 7) is 6.48. The molecular formula is C31H28N2O5. The van der Waals surface area contributed by atoms with Gasteiger partial charge >= 0.3 is 5.97 Å². The number of unbranched alkanes of at least 4 members (excludes halogenated alkanes) is 1. The molecule has 0 fully saturated rings. The van der Waals surface area contributed by atoms with Gasteiger partial charge in [-0.25, -0.2) is 4.79 Å². The van der Waals surface area contributed by atoms with Crippen molar-refractivity contribution in [2.75, 3.05) is 6.61 Å². The summed E-state index contributed by atoms with van der Waals surface area (Å²) in [6.07, 6.45) is 1.92. The third kappa shape index (κ3) is 4.57. The van der Waals surface area contributed by atoms with E-state index in [1.165, 1.54) is 0 Å². The van der Waals surface area contributed by atoms with Crippen LogP contribution in [0, 0.1) is 25.2 Å². The number of benzene rings is 3. The standard InChI is InChI=1S/C31H28N2O5/c1-4-5-14-35-25-9-7-6-8-21(25)28-22-12-11-20(16-27(22)38-30(33)24(28)17-32)36-31(34)29-19(3)23-15-18(2)10-13-26(23)37-29/h6-13,15-16,28H,4-5,14,33H2,1-3H3. The van der Waals surface area contributed by atoms with E-state index in [9.17, 15) is 10.1 Å². The summed E-state index contributed by atoms with van der Waals surface area (Å²) in [5, 5.41) is 10.8. The second-order valence-corrected chi connectivity index (χ2v) is 9.31. The monoisotopic (exact) mass is 508 g/mol. The molecule has 0 spiro atoms. The van der Waals surface area contributed by atoms with Gasteiger partial charge in [0.1, 0.15) is 34.5 Å². The van der Waals surface area contributed by atoms with Gasteiger partial charge in [-0.3, -0.25) is 0 Å². The van der Waals surface area contributed by atoms with Crippen LogP contribution in [0.2, 0.25) is 0 Å². The number of nitrogens with two attached hydrogens (primary N) is 1. The third-order valence-corrected chi connectivity index (χ3v) is 6.66. The van der Waals surface area contributed by atoms with Gasteiger partial charge in [0.25, 0.3) is 0 Å². The number of nitrogens with zero attached hydrogens (tertiary/aromatic N) is 1. The fraction of sp³-hybridized carbons (Fsp3) is 0.226. The van der Waals surface area contributed by atoms with E-state index in [0.29, 0.717) is 34.8 Å². The fourth-order valence-electron chi connectivity index (χ4n) is 4.68. The van der Waals surface area contributed by atoms with Gasteiger partial charge in [0.15, 0.2) is 0 Å². The Kier molecular flexibility index (Phi) is 6.80. The van der Waals surface area contributed by atoms with E-state index in [1.807, 2.05) is 56.3 Å². The van der Waals surface area contributed by atoms with Crippen molar-refractivity contribution in [3.63, 3.8) is 0 Å². The Labute approximate surface area is 221 Å². The molecule has 1 unspecified atom stereocenters. The van der Waals surface area contributed by atoms with E-state index >= 15 is 0 Å². The Hall–Kier alpha value is -4.70. The molecule has 1 atom stereocenters. The number of fused-ring (bicyclic) bond motifs is 2. The summed E-state index contributed by atoms with van der Waals surface area (Å²) in [4.78, 5) is 13.0. The number of furan rings is 1. The van der Waals surface area contributed by atoms with E-state index in [-0.39, 0.29) is 17.4 Å². The van der Waals surface area contributed by atoms with Crippen molar-refractivity contribution >= 4 is 16.9 Å². The van der Waals surface area contributed by atoms with Crippen LogP contribution in [0.1, 0.15) is 58.5 Å². The Morgan fingerprint density at radius 2 is 1.89 bits per heavy atom. The molecule has 1 aliphatic heterocycles. The second kappa shape index (κ2) is 10.3. The summed E-state index contributed by atoms with van der Waals surface area (Å²) >= 11 is 0. The van der Waals surface area contributed by atoms with Crippen LogP contribution < -0.4 is 19.9 Å². The molecule has 4 aromatic rings. The molecule has 7 heteroatoms. The van der Waals surface area contributed by atoms with Crippen LogP contribution in [0.3, 0.4) is 0 Å². The first kappa shape index (κ1) is 25.0. The van der Waals surface area contributed by atoms with Crippen molar-refractivity contribution in [1.82, 2.24) is 0 Å². The van der Waals surface area contributed by atoms with E-state index in [1.54, 1.807) is 18.2 Å². The largest absolute Gasteiger partial charge is 0.493 e. The van der Waals surface area contributed by atoms with Crippen LogP contribution in [0.4, 0.5) is 0 Å². The highest BCUT2D eigenvalue weighted by atomic mass is 16.5. The van der Waals surface area contributed by atoms with E-state index in [0.717, 1.165) is 34.9 Å². The number of allylic oxidation sites excluding steroid dienone is 1. The molecular weight excluding hydrogens is 480 g/mol. The lowest BCUT2D eigenvalue weighted by atomic mass is 9.83. The highest BCUT2D eigenvalue weighted by Gasteiger charge is 2.33. The predicted molar refractivity (Wildman–Crippen MR) is 143 cm³/mol.